The molecular formula is C38H33N5O2S. The number of pyridine rings is 1. The van der Waals surface area contributed by atoms with Crippen molar-refractivity contribution in [2.24, 2.45) is 0 Å². The number of hydrogen-bond donors (Lipinski definition) is 2. The molecule has 1 aliphatic heterocycles. The van der Waals surface area contributed by atoms with Crippen LogP contribution in [0.1, 0.15) is 34.7 Å². The fraction of sp³-hybridized carbons (Fsp3) is 0.132. The molecule has 0 unspecified atom stereocenters. The van der Waals surface area contributed by atoms with Gasteiger partial charge in [-0.15, -0.1) is 0 Å². The van der Waals surface area contributed by atoms with Crippen LogP contribution in [0, 0.1) is 13.8 Å². The predicted octanol–water partition coefficient (Wildman–Crippen LogP) is 7.84. The predicted molar refractivity (Wildman–Crippen MR) is 188 cm³/mol. The minimum atomic E-state index is -0.232. The second-order valence-corrected chi connectivity index (χ2v) is 11.7. The molecule has 0 radical (unpaired) electrons. The van der Waals surface area contributed by atoms with Gasteiger partial charge >= 0.3 is 0 Å². The molecule has 1 aliphatic rings. The summed E-state index contributed by atoms with van der Waals surface area (Å²) in [6.07, 6.45) is 1.82. The molecule has 7 nitrogen and oxygen atoms in total. The molecule has 1 amide bonds. The van der Waals surface area contributed by atoms with Gasteiger partial charge in [0.15, 0.2) is 11.7 Å². The summed E-state index contributed by atoms with van der Waals surface area (Å²) in [5.74, 6) is 0.417. The van der Waals surface area contributed by atoms with E-state index in [1.165, 1.54) is 10.8 Å². The highest BCUT2D eigenvalue weighted by Gasteiger charge is 2.42. The van der Waals surface area contributed by atoms with Gasteiger partial charge in [0.25, 0.3) is 5.91 Å². The number of rotatable bonds is 8. The zero-order chi connectivity index (χ0) is 31.6. The number of nitrogens with one attached hydrogen (secondary N) is 2. The highest BCUT2D eigenvalue weighted by atomic mass is 32.1. The summed E-state index contributed by atoms with van der Waals surface area (Å²) < 4.78 is 7.94. The van der Waals surface area contributed by atoms with Crippen molar-refractivity contribution < 1.29 is 9.53 Å². The molecule has 0 spiro atoms. The van der Waals surface area contributed by atoms with Crippen LogP contribution >= 0.6 is 12.2 Å². The fourth-order valence-corrected chi connectivity index (χ4v) is 6.72. The number of nitrogens with zero attached hydrogens (tertiary/aromatic N) is 3. The lowest BCUT2D eigenvalue weighted by Crippen LogP contribution is -2.29. The van der Waals surface area contributed by atoms with Gasteiger partial charge < -0.3 is 24.8 Å². The molecule has 0 bridgehead atoms. The first-order chi connectivity index (χ1) is 22.5. The van der Waals surface area contributed by atoms with Gasteiger partial charge in [0, 0.05) is 34.3 Å². The zero-order valence-electron chi connectivity index (χ0n) is 25.6. The molecule has 2 N–H and O–H groups in total. The summed E-state index contributed by atoms with van der Waals surface area (Å²) in [7, 11) is 0. The summed E-state index contributed by atoms with van der Waals surface area (Å²) in [5.41, 5.74) is 7.07. The number of ether oxygens (including phenoxy) is 1. The molecule has 1 saturated heterocycles. The van der Waals surface area contributed by atoms with E-state index in [0.29, 0.717) is 16.5 Å². The lowest BCUT2D eigenvalue weighted by atomic mass is 9.96. The highest BCUT2D eigenvalue weighted by Crippen LogP contribution is 2.44. The first-order valence-electron chi connectivity index (χ1n) is 15.2. The molecule has 46 heavy (non-hydrogen) atoms. The Morgan fingerprint density at radius 3 is 2.41 bits per heavy atom. The van der Waals surface area contributed by atoms with Crippen molar-refractivity contribution in [3.8, 4) is 11.4 Å². The average molecular weight is 624 g/mol. The number of para-hydroxylation sites is 1. The van der Waals surface area contributed by atoms with Crippen LogP contribution in [0.25, 0.3) is 16.5 Å². The maximum atomic E-state index is 12.6. The number of hydrogen-bond acceptors (Lipinski definition) is 4. The number of anilines is 2. The topological polar surface area (TPSA) is 71.4 Å². The lowest BCUT2D eigenvalue weighted by molar-refractivity contribution is -0.118. The molecule has 1 fully saturated rings. The van der Waals surface area contributed by atoms with E-state index < -0.39 is 0 Å². The normalized spacial score (nSPS) is 16.0. The molecular weight excluding hydrogens is 591 g/mol. The van der Waals surface area contributed by atoms with Crippen LogP contribution in [0.15, 0.2) is 128 Å². The van der Waals surface area contributed by atoms with Gasteiger partial charge in [-0.05, 0) is 97.7 Å². The van der Waals surface area contributed by atoms with E-state index in [4.69, 9.17) is 21.9 Å². The van der Waals surface area contributed by atoms with Crippen molar-refractivity contribution in [2.45, 2.75) is 25.9 Å². The number of carbonyl (C=O) groups excluding carboxylic acids is 1. The second kappa shape index (κ2) is 12.5. The van der Waals surface area contributed by atoms with Crippen LogP contribution in [-0.4, -0.2) is 27.2 Å². The van der Waals surface area contributed by atoms with Crippen LogP contribution in [0.5, 0.6) is 5.75 Å². The van der Waals surface area contributed by atoms with E-state index in [2.05, 4.69) is 82.5 Å². The molecule has 4 aromatic carbocycles. The molecule has 0 saturated carbocycles. The fourth-order valence-electron chi connectivity index (χ4n) is 6.38. The summed E-state index contributed by atoms with van der Waals surface area (Å²) in [6.45, 7) is 4.25. The number of amides is 1. The number of fused-ring (bicyclic) bond motifs is 1. The Kier molecular flexibility index (Phi) is 7.95. The largest absolute Gasteiger partial charge is 0.484 e. The van der Waals surface area contributed by atoms with Crippen LogP contribution < -0.4 is 20.3 Å². The summed E-state index contributed by atoms with van der Waals surface area (Å²) in [6, 6.07) is 39.8. The Bertz CT molecular complexity index is 2020. The quantitative estimate of drug-likeness (QED) is 0.168. The Morgan fingerprint density at radius 1 is 0.891 bits per heavy atom. The van der Waals surface area contributed by atoms with Gasteiger partial charge in [0.05, 0.1) is 23.5 Å². The number of carbonyl (C=O) groups is 1. The van der Waals surface area contributed by atoms with Crippen LogP contribution in [0.2, 0.25) is 0 Å². The summed E-state index contributed by atoms with van der Waals surface area (Å²) >= 11 is 5.99. The number of thiocarbonyl (C=S) groups is 1. The molecule has 8 heteroatoms. The van der Waals surface area contributed by atoms with Crippen molar-refractivity contribution in [3.63, 3.8) is 0 Å². The first-order valence-corrected chi connectivity index (χ1v) is 15.6. The van der Waals surface area contributed by atoms with Crippen molar-refractivity contribution in [2.75, 3.05) is 16.8 Å². The maximum absolute atomic E-state index is 12.6. The van der Waals surface area contributed by atoms with E-state index in [0.717, 1.165) is 34.0 Å². The molecule has 6 aromatic rings. The number of aromatic nitrogens is 2. The standard InChI is InChI=1S/C38H33N5O2S/c1-25-23-32(26(2)42(25)34-17-10-12-27-11-6-7-15-31(27)34)37-36(33-16-8-9-22-39-33)41-38(46)43(37)29-20-18-28(19-21-29)40-35(44)24-45-30-13-4-3-5-14-30/h3-23,36-37H,24H2,1-2H3,(H,40,44)(H,41,46)/t36-,37-/m1/s1. The van der Waals surface area contributed by atoms with Gasteiger partial charge in [0.2, 0.25) is 0 Å². The van der Waals surface area contributed by atoms with E-state index in [9.17, 15) is 4.79 Å². The lowest BCUT2D eigenvalue weighted by Gasteiger charge is -2.28. The zero-order valence-corrected chi connectivity index (χ0v) is 26.4. The third kappa shape index (κ3) is 5.59. The molecule has 2 aromatic heterocycles. The maximum Gasteiger partial charge on any atom is 0.262 e. The Labute approximate surface area is 273 Å². The number of benzene rings is 4. The van der Waals surface area contributed by atoms with E-state index in [1.807, 2.05) is 79.0 Å². The van der Waals surface area contributed by atoms with Gasteiger partial charge in [-0.2, -0.15) is 0 Å². The minimum absolute atomic E-state index is 0.0773. The smallest absolute Gasteiger partial charge is 0.262 e. The Balaban J connectivity index is 1.22. The molecule has 3 heterocycles. The SMILES string of the molecule is Cc1cc([C@@H]2[C@@H](c3ccccn3)NC(=S)N2c2ccc(NC(=O)COc3ccccc3)cc2)c(C)n1-c1cccc2ccccc12. The van der Waals surface area contributed by atoms with Gasteiger partial charge in [-0.1, -0.05) is 60.7 Å². The Morgan fingerprint density at radius 2 is 1.63 bits per heavy atom. The van der Waals surface area contributed by atoms with Gasteiger partial charge in [-0.3, -0.25) is 9.78 Å². The van der Waals surface area contributed by atoms with E-state index in [1.54, 1.807) is 0 Å². The summed E-state index contributed by atoms with van der Waals surface area (Å²) in [5, 5.41) is 9.51. The van der Waals surface area contributed by atoms with Crippen molar-refractivity contribution in [3.05, 3.63) is 150 Å². The van der Waals surface area contributed by atoms with E-state index in [-0.39, 0.29) is 24.6 Å². The average Bonchev–Trinajstić information content (AvgIpc) is 3.59. The second-order valence-electron chi connectivity index (χ2n) is 11.4. The third-order valence-electron chi connectivity index (χ3n) is 8.44. The monoisotopic (exact) mass is 623 g/mol. The summed E-state index contributed by atoms with van der Waals surface area (Å²) in [4.78, 5) is 19.5. The number of aryl methyl sites for hydroxylation is 1. The van der Waals surface area contributed by atoms with Crippen molar-refractivity contribution in [1.82, 2.24) is 14.9 Å². The van der Waals surface area contributed by atoms with Gasteiger partial charge in [0.1, 0.15) is 5.75 Å². The van der Waals surface area contributed by atoms with Crippen molar-refractivity contribution in [1.29, 1.82) is 0 Å². The molecule has 0 aliphatic carbocycles. The Hall–Kier alpha value is -5.47. The van der Waals surface area contributed by atoms with Crippen LogP contribution in [-0.2, 0) is 4.79 Å². The third-order valence-corrected chi connectivity index (χ3v) is 8.75. The highest BCUT2D eigenvalue weighted by molar-refractivity contribution is 7.80. The molecule has 228 valence electrons. The minimum Gasteiger partial charge on any atom is -0.484 e. The van der Waals surface area contributed by atoms with E-state index >= 15 is 0 Å². The molecule has 2 atom stereocenters. The van der Waals surface area contributed by atoms with Crippen LogP contribution in [0.3, 0.4) is 0 Å². The van der Waals surface area contributed by atoms with Crippen LogP contribution in [0.4, 0.5) is 11.4 Å². The first kappa shape index (κ1) is 29.3. The molecule has 7 rings (SSSR count). The van der Waals surface area contributed by atoms with Gasteiger partial charge in [-0.25, -0.2) is 0 Å². The van der Waals surface area contributed by atoms with Crippen molar-refractivity contribution >= 4 is 45.4 Å².